The van der Waals surface area contributed by atoms with Gasteiger partial charge in [0.15, 0.2) is 0 Å². The molecule has 1 aromatic heterocycles. The molecule has 1 amide bonds. The third-order valence-corrected chi connectivity index (χ3v) is 4.44. The lowest BCUT2D eigenvalue weighted by atomic mass is 9.98. The SMILES string of the molecule is Cc1nn(C)c(C)c1CC(C)C(=O)Nc1cc(CN)cc(C(F)(F)F)c1.Cl.Cl. The maximum absolute atomic E-state index is 13.0. The number of nitrogens with one attached hydrogen (secondary N) is 1. The smallest absolute Gasteiger partial charge is 0.326 e. The second kappa shape index (κ2) is 10.1. The third-order valence-electron chi connectivity index (χ3n) is 4.44. The zero-order chi connectivity index (χ0) is 19.6. The van der Waals surface area contributed by atoms with Gasteiger partial charge >= 0.3 is 6.18 Å². The van der Waals surface area contributed by atoms with Gasteiger partial charge in [0.1, 0.15) is 0 Å². The van der Waals surface area contributed by atoms with Crippen LogP contribution in [0.5, 0.6) is 0 Å². The average molecular weight is 441 g/mol. The summed E-state index contributed by atoms with van der Waals surface area (Å²) in [6, 6.07) is 3.37. The highest BCUT2D eigenvalue weighted by Gasteiger charge is 2.31. The fourth-order valence-corrected chi connectivity index (χ4v) is 2.82. The predicted octanol–water partition coefficient (Wildman–Crippen LogP) is 4.18. The van der Waals surface area contributed by atoms with Crippen molar-refractivity contribution >= 4 is 36.4 Å². The molecule has 28 heavy (non-hydrogen) atoms. The van der Waals surface area contributed by atoms with Gasteiger partial charge in [-0.3, -0.25) is 9.48 Å². The zero-order valence-corrected chi connectivity index (χ0v) is 17.7. The summed E-state index contributed by atoms with van der Waals surface area (Å²) in [5.41, 5.74) is 7.82. The van der Waals surface area contributed by atoms with Gasteiger partial charge in [0, 0.05) is 30.9 Å². The third kappa shape index (κ3) is 6.12. The number of hydrogen-bond donors (Lipinski definition) is 2. The first kappa shape index (κ1) is 26.2. The van der Waals surface area contributed by atoms with E-state index in [9.17, 15) is 18.0 Å². The van der Waals surface area contributed by atoms with Crippen molar-refractivity contribution in [3.8, 4) is 0 Å². The van der Waals surface area contributed by atoms with Crippen molar-refractivity contribution in [2.24, 2.45) is 18.7 Å². The van der Waals surface area contributed by atoms with Crippen LogP contribution in [0.3, 0.4) is 0 Å². The number of aromatic nitrogens is 2. The van der Waals surface area contributed by atoms with E-state index in [1.54, 1.807) is 11.6 Å². The van der Waals surface area contributed by atoms with Gasteiger partial charge in [-0.05, 0) is 49.6 Å². The molecule has 1 unspecified atom stereocenters. The van der Waals surface area contributed by atoms with Crippen LogP contribution in [0.25, 0.3) is 0 Å². The molecule has 0 aliphatic carbocycles. The van der Waals surface area contributed by atoms with Crippen LogP contribution < -0.4 is 11.1 Å². The molecule has 1 aromatic carbocycles. The van der Waals surface area contributed by atoms with E-state index < -0.39 is 17.7 Å². The Labute approximate surface area is 174 Å². The summed E-state index contributed by atoms with van der Waals surface area (Å²) in [6.45, 7) is 5.47. The van der Waals surface area contributed by atoms with Crippen LogP contribution in [-0.2, 0) is 31.0 Å². The minimum Gasteiger partial charge on any atom is -0.326 e. The van der Waals surface area contributed by atoms with Crippen LogP contribution in [0.2, 0.25) is 0 Å². The van der Waals surface area contributed by atoms with E-state index in [0.29, 0.717) is 12.0 Å². The van der Waals surface area contributed by atoms with Gasteiger partial charge in [0.2, 0.25) is 5.91 Å². The first-order chi connectivity index (χ1) is 12.0. The molecule has 0 bridgehead atoms. The molecule has 0 spiro atoms. The van der Waals surface area contributed by atoms with E-state index in [0.717, 1.165) is 29.1 Å². The van der Waals surface area contributed by atoms with Crippen molar-refractivity contribution in [2.45, 2.75) is 39.9 Å². The summed E-state index contributed by atoms with van der Waals surface area (Å²) >= 11 is 0. The van der Waals surface area contributed by atoms with Gasteiger partial charge in [-0.2, -0.15) is 18.3 Å². The van der Waals surface area contributed by atoms with E-state index in [-0.39, 0.29) is 43.0 Å². The number of anilines is 1. The number of aryl methyl sites for hydroxylation is 2. The number of rotatable bonds is 5. The molecule has 1 atom stereocenters. The molecular formula is C18H25Cl2F3N4O. The highest BCUT2D eigenvalue weighted by atomic mass is 35.5. The van der Waals surface area contributed by atoms with Crippen molar-refractivity contribution < 1.29 is 18.0 Å². The van der Waals surface area contributed by atoms with Gasteiger partial charge in [-0.25, -0.2) is 0 Å². The summed E-state index contributed by atoms with van der Waals surface area (Å²) < 4.78 is 40.7. The van der Waals surface area contributed by atoms with Crippen LogP contribution in [0.4, 0.5) is 18.9 Å². The number of benzene rings is 1. The maximum Gasteiger partial charge on any atom is 0.416 e. The molecule has 0 aliphatic rings. The van der Waals surface area contributed by atoms with E-state index >= 15 is 0 Å². The number of amides is 1. The zero-order valence-electron chi connectivity index (χ0n) is 16.1. The summed E-state index contributed by atoms with van der Waals surface area (Å²) in [7, 11) is 1.83. The van der Waals surface area contributed by atoms with Crippen molar-refractivity contribution in [3.05, 3.63) is 46.3 Å². The normalized spacial score (nSPS) is 12.0. The summed E-state index contributed by atoms with van der Waals surface area (Å²) in [5.74, 6) is -0.776. The number of hydrogen-bond acceptors (Lipinski definition) is 3. The van der Waals surface area contributed by atoms with E-state index in [1.165, 1.54) is 6.07 Å². The number of nitrogens with zero attached hydrogens (tertiary/aromatic N) is 2. The van der Waals surface area contributed by atoms with Gasteiger partial charge < -0.3 is 11.1 Å². The number of carbonyl (C=O) groups is 1. The largest absolute Gasteiger partial charge is 0.416 e. The Hall–Kier alpha value is -1.77. The minimum absolute atomic E-state index is 0. The standard InChI is InChI=1S/C18H23F3N4O.2ClH/c1-10(5-16-11(2)24-25(4)12(16)3)17(26)23-15-7-13(9-22)6-14(8-15)18(19,20)21;;/h6-8,10H,5,9,22H2,1-4H3,(H,23,26);2*1H. The number of halogens is 5. The average Bonchev–Trinajstić information content (AvgIpc) is 2.79. The highest BCUT2D eigenvalue weighted by molar-refractivity contribution is 5.92. The molecule has 0 radical (unpaired) electrons. The van der Waals surface area contributed by atoms with E-state index in [4.69, 9.17) is 5.73 Å². The highest BCUT2D eigenvalue weighted by Crippen LogP contribution is 2.32. The second-order valence-electron chi connectivity index (χ2n) is 6.49. The Morgan fingerprint density at radius 2 is 1.86 bits per heavy atom. The van der Waals surface area contributed by atoms with Crippen LogP contribution in [0, 0.1) is 19.8 Å². The predicted molar refractivity (Wildman–Crippen MR) is 108 cm³/mol. The molecule has 2 rings (SSSR count). The van der Waals surface area contributed by atoms with Gasteiger partial charge in [0.05, 0.1) is 11.3 Å². The lowest BCUT2D eigenvalue weighted by molar-refractivity contribution is -0.137. The molecule has 0 saturated carbocycles. The van der Waals surface area contributed by atoms with E-state index in [2.05, 4.69) is 10.4 Å². The Kier molecular flexibility index (Phi) is 9.49. The Balaban J connectivity index is 0.00000364. The molecule has 1 heterocycles. The van der Waals surface area contributed by atoms with Crippen LogP contribution >= 0.6 is 24.8 Å². The number of carbonyl (C=O) groups excluding carboxylic acids is 1. The molecule has 3 N–H and O–H groups in total. The molecule has 0 fully saturated rings. The number of nitrogens with two attached hydrogens (primary N) is 1. The topological polar surface area (TPSA) is 72.9 Å². The van der Waals surface area contributed by atoms with Crippen molar-refractivity contribution in [1.82, 2.24) is 9.78 Å². The fraction of sp³-hybridized carbons (Fsp3) is 0.444. The first-order valence-corrected chi connectivity index (χ1v) is 8.24. The van der Waals surface area contributed by atoms with Gasteiger partial charge in [-0.1, -0.05) is 6.92 Å². The number of alkyl halides is 3. The molecule has 10 heteroatoms. The molecular weight excluding hydrogens is 416 g/mol. The van der Waals surface area contributed by atoms with Crippen molar-refractivity contribution in [1.29, 1.82) is 0 Å². The van der Waals surface area contributed by atoms with Gasteiger partial charge in [-0.15, -0.1) is 24.8 Å². The second-order valence-corrected chi connectivity index (χ2v) is 6.49. The molecule has 158 valence electrons. The minimum atomic E-state index is -4.50. The maximum atomic E-state index is 13.0. The van der Waals surface area contributed by atoms with Crippen LogP contribution in [-0.4, -0.2) is 15.7 Å². The fourth-order valence-electron chi connectivity index (χ4n) is 2.82. The lowest BCUT2D eigenvalue weighted by Crippen LogP contribution is -2.23. The Morgan fingerprint density at radius 1 is 1.25 bits per heavy atom. The molecule has 0 aliphatic heterocycles. The molecule has 5 nitrogen and oxygen atoms in total. The monoisotopic (exact) mass is 440 g/mol. The van der Waals surface area contributed by atoms with Crippen LogP contribution in [0.15, 0.2) is 18.2 Å². The van der Waals surface area contributed by atoms with E-state index in [1.807, 2.05) is 20.9 Å². The summed E-state index contributed by atoms with van der Waals surface area (Å²) in [6.07, 6.45) is -4.04. The Bertz CT molecular complexity index is 822. The molecule has 2 aromatic rings. The van der Waals surface area contributed by atoms with Crippen molar-refractivity contribution in [2.75, 3.05) is 5.32 Å². The first-order valence-electron chi connectivity index (χ1n) is 8.24. The van der Waals surface area contributed by atoms with Crippen LogP contribution in [0.1, 0.15) is 35.0 Å². The quantitative estimate of drug-likeness (QED) is 0.732. The lowest BCUT2D eigenvalue weighted by Gasteiger charge is -2.15. The molecule has 0 saturated heterocycles. The summed E-state index contributed by atoms with van der Waals surface area (Å²) in [5, 5.41) is 6.89. The van der Waals surface area contributed by atoms with Gasteiger partial charge in [0.25, 0.3) is 0 Å². The van der Waals surface area contributed by atoms with Crippen molar-refractivity contribution in [3.63, 3.8) is 0 Å². The summed E-state index contributed by atoms with van der Waals surface area (Å²) in [4.78, 5) is 12.5. The Morgan fingerprint density at radius 3 is 2.32 bits per heavy atom.